The molecule has 0 spiro atoms. The number of fused-ring (bicyclic) bond motifs is 1. The Morgan fingerprint density at radius 1 is 0.893 bits per heavy atom. The maximum absolute atomic E-state index is 12.7. The van der Waals surface area contributed by atoms with E-state index in [9.17, 15) is 13.2 Å². The number of rotatable bonds is 3. The van der Waals surface area contributed by atoms with Gasteiger partial charge in [-0.25, -0.2) is 9.97 Å². The van der Waals surface area contributed by atoms with Crippen molar-refractivity contribution < 1.29 is 13.2 Å². The van der Waals surface area contributed by atoms with E-state index in [-0.39, 0.29) is 0 Å². The molecule has 140 valence electrons. The zero-order chi connectivity index (χ0) is 19.7. The van der Waals surface area contributed by atoms with Crippen molar-refractivity contribution >= 4 is 22.4 Å². The zero-order valence-corrected chi connectivity index (χ0v) is 14.8. The lowest BCUT2D eigenvalue weighted by atomic mass is 10.0. The highest BCUT2D eigenvalue weighted by Gasteiger charge is 2.29. The van der Waals surface area contributed by atoms with Crippen molar-refractivity contribution in [1.82, 2.24) is 15.0 Å². The Labute approximate surface area is 159 Å². The van der Waals surface area contributed by atoms with E-state index in [4.69, 9.17) is 0 Å². The Hall–Kier alpha value is -3.48. The Kier molecular flexibility index (Phi) is 4.43. The molecule has 1 N–H and O–H groups in total. The van der Waals surface area contributed by atoms with Crippen molar-refractivity contribution in [2.45, 2.75) is 13.1 Å². The molecule has 4 aromatic rings. The number of aryl methyl sites for hydroxylation is 1. The van der Waals surface area contributed by atoms with Crippen molar-refractivity contribution in [3.05, 3.63) is 78.2 Å². The minimum atomic E-state index is -4.36. The van der Waals surface area contributed by atoms with Crippen LogP contribution in [0.2, 0.25) is 0 Å². The van der Waals surface area contributed by atoms with Crippen LogP contribution in [0.1, 0.15) is 11.1 Å². The quantitative estimate of drug-likeness (QED) is 0.491. The van der Waals surface area contributed by atoms with Gasteiger partial charge in [-0.3, -0.25) is 4.98 Å². The van der Waals surface area contributed by atoms with Gasteiger partial charge >= 0.3 is 6.18 Å². The highest BCUT2D eigenvalue weighted by Crippen LogP contribution is 2.31. The van der Waals surface area contributed by atoms with Gasteiger partial charge in [0.1, 0.15) is 12.1 Å². The van der Waals surface area contributed by atoms with Crippen LogP contribution in [0.3, 0.4) is 0 Å². The molecule has 0 fully saturated rings. The van der Waals surface area contributed by atoms with Crippen LogP contribution in [0, 0.1) is 6.92 Å². The van der Waals surface area contributed by atoms with Crippen molar-refractivity contribution in [3.63, 3.8) is 0 Å². The van der Waals surface area contributed by atoms with Gasteiger partial charge in [0, 0.05) is 28.9 Å². The van der Waals surface area contributed by atoms with E-state index in [1.165, 1.54) is 18.5 Å². The Bertz CT molecular complexity index is 1140. The largest absolute Gasteiger partial charge is 0.416 e. The summed E-state index contributed by atoms with van der Waals surface area (Å²) in [6.45, 7) is 1.98. The number of nitrogens with zero attached hydrogens (tertiary/aromatic N) is 3. The highest BCUT2D eigenvalue weighted by atomic mass is 19.4. The normalized spacial score (nSPS) is 11.6. The summed E-state index contributed by atoms with van der Waals surface area (Å²) in [6, 6.07) is 14.4. The summed E-state index contributed by atoms with van der Waals surface area (Å²) < 4.78 is 38.1. The topological polar surface area (TPSA) is 50.7 Å². The molecular weight excluding hydrogens is 365 g/mol. The predicted octanol–water partition coefficient (Wildman–Crippen LogP) is 5.76. The monoisotopic (exact) mass is 380 g/mol. The molecule has 2 aromatic carbocycles. The molecule has 0 radical (unpaired) electrons. The third-order valence-electron chi connectivity index (χ3n) is 4.46. The summed E-state index contributed by atoms with van der Waals surface area (Å²) in [5, 5.41) is 4.06. The molecule has 0 aliphatic heterocycles. The second-order valence-corrected chi connectivity index (χ2v) is 6.30. The number of pyridine rings is 1. The molecule has 0 saturated heterocycles. The molecule has 0 bridgehead atoms. The fraction of sp³-hybridized carbons (Fsp3) is 0.0952. The molecule has 4 nitrogen and oxygen atoms in total. The van der Waals surface area contributed by atoms with Crippen molar-refractivity contribution in [3.8, 4) is 11.3 Å². The van der Waals surface area contributed by atoms with Crippen molar-refractivity contribution in [1.29, 1.82) is 0 Å². The van der Waals surface area contributed by atoms with E-state index in [0.29, 0.717) is 17.2 Å². The van der Waals surface area contributed by atoms with E-state index in [0.717, 1.165) is 34.2 Å². The highest BCUT2D eigenvalue weighted by molar-refractivity contribution is 5.88. The molecule has 28 heavy (non-hydrogen) atoms. The number of hydrogen-bond acceptors (Lipinski definition) is 4. The van der Waals surface area contributed by atoms with Crippen LogP contribution >= 0.6 is 0 Å². The summed E-state index contributed by atoms with van der Waals surface area (Å²) in [5.74, 6) is 0.491. The third kappa shape index (κ3) is 3.51. The van der Waals surface area contributed by atoms with Gasteiger partial charge in [-0.2, -0.15) is 13.2 Å². The number of halogens is 3. The third-order valence-corrected chi connectivity index (χ3v) is 4.46. The molecule has 0 aliphatic carbocycles. The van der Waals surface area contributed by atoms with E-state index in [2.05, 4.69) is 20.3 Å². The Morgan fingerprint density at radius 3 is 2.43 bits per heavy atom. The van der Waals surface area contributed by atoms with Crippen molar-refractivity contribution in [2.24, 2.45) is 0 Å². The first-order chi connectivity index (χ1) is 13.4. The molecular formula is C21H15F3N4. The first kappa shape index (κ1) is 17.9. The van der Waals surface area contributed by atoms with Gasteiger partial charge in [-0.1, -0.05) is 18.2 Å². The van der Waals surface area contributed by atoms with Gasteiger partial charge < -0.3 is 5.32 Å². The molecule has 2 aromatic heterocycles. The van der Waals surface area contributed by atoms with Crippen LogP contribution in [-0.4, -0.2) is 15.0 Å². The van der Waals surface area contributed by atoms with Crippen molar-refractivity contribution in [2.75, 3.05) is 5.32 Å². The van der Waals surface area contributed by atoms with Crippen LogP contribution < -0.4 is 5.32 Å². The van der Waals surface area contributed by atoms with Crippen LogP contribution in [0.25, 0.3) is 22.2 Å². The van der Waals surface area contributed by atoms with Crippen LogP contribution in [0.15, 0.2) is 67.1 Å². The Balaban J connectivity index is 1.64. The average molecular weight is 380 g/mol. The molecule has 0 aliphatic rings. The maximum atomic E-state index is 12.7. The summed E-state index contributed by atoms with van der Waals surface area (Å²) in [4.78, 5) is 12.9. The lowest BCUT2D eigenvalue weighted by molar-refractivity contribution is -0.137. The summed E-state index contributed by atoms with van der Waals surface area (Å²) in [6.07, 6.45) is -1.19. The molecule has 0 amide bonds. The lowest BCUT2D eigenvalue weighted by Crippen LogP contribution is -2.04. The predicted molar refractivity (Wildman–Crippen MR) is 102 cm³/mol. The number of nitrogens with one attached hydrogen (secondary N) is 1. The number of benzene rings is 2. The van der Waals surface area contributed by atoms with Gasteiger partial charge in [0.15, 0.2) is 0 Å². The standard InChI is InChI=1S/C21H15F3N4/c1-13-17(9-4-14-3-2-10-25-20(13)14)18-11-19(27-12-26-18)28-16-7-5-15(6-8-16)21(22,23)24/h2-12H,1H3,(H,26,27,28). The van der Waals surface area contributed by atoms with E-state index in [1.54, 1.807) is 12.3 Å². The lowest BCUT2D eigenvalue weighted by Gasteiger charge is -2.11. The van der Waals surface area contributed by atoms with Crippen LogP contribution in [0.4, 0.5) is 24.7 Å². The minimum absolute atomic E-state index is 0.491. The molecule has 7 heteroatoms. The Morgan fingerprint density at radius 2 is 1.68 bits per heavy atom. The number of hydrogen-bond donors (Lipinski definition) is 1. The fourth-order valence-electron chi connectivity index (χ4n) is 3.03. The average Bonchev–Trinajstić information content (AvgIpc) is 2.68. The SMILES string of the molecule is Cc1c(-c2cc(Nc3ccc(C(F)(F)F)cc3)ncn2)ccc2cccnc12. The fourth-order valence-corrected chi connectivity index (χ4v) is 3.03. The zero-order valence-electron chi connectivity index (χ0n) is 14.8. The van der Waals surface area contributed by atoms with Gasteiger partial charge in [-0.05, 0) is 42.8 Å². The van der Waals surface area contributed by atoms with E-state index >= 15 is 0 Å². The second-order valence-electron chi connectivity index (χ2n) is 6.30. The summed E-state index contributed by atoms with van der Waals surface area (Å²) >= 11 is 0. The summed E-state index contributed by atoms with van der Waals surface area (Å²) in [5.41, 5.74) is 3.34. The molecule has 0 unspecified atom stereocenters. The van der Waals surface area contributed by atoms with E-state index in [1.807, 2.05) is 31.2 Å². The molecule has 0 saturated carbocycles. The number of alkyl halides is 3. The van der Waals surface area contributed by atoms with Gasteiger partial charge in [0.25, 0.3) is 0 Å². The van der Waals surface area contributed by atoms with Gasteiger partial charge in [0.05, 0.1) is 16.8 Å². The molecule has 2 heterocycles. The first-order valence-electron chi connectivity index (χ1n) is 8.53. The summed E-state index contributed by atoms with van der Waals surface area (Å²) in [7, 11) is 0. The number of anilines is 2. The molecule has 0 atom stereocenters. The second kappa shape index (κ2) is 6.92. The van der Waals surface area contributed by atoms with Gasteiger partial charge in [-0.15, -0.1) is 0 Å². The van der Waals surface area contributed by atoms with E-state index < -0.39 is 11.7 Å². The van der Waals surface area contributed by atoms with Gasteiger partial charge in [0.2, 0.25) is 0 Å². The van der Waals surface area contributed by atoms with Crippen LogP contribution in [-0.2, 0) is 6.18 Å². The minimum Gasteiger partial charge on any atom is -0.340 e. The number of aromatic nitrogens is 3. The first-order valence-corrected chi connectivity index (χ1v) is 8.53. The van der Waals surface area contributed by atoms with Crippen LogP contribution in [0.5, 0.6) is 0 Å². The smallest absolute Gasteiger partial charge is 0.340 e. The maximum Gasteiger partial charge on any atom is 0.416 e. The molecule has 4 rings (SSSR count).